The molecular weight excluding hydrogens is 490 g/mol. The topological polar surface area (TPSA) is 58.2 Å². The lowest BCUT2D eigenvalue weighted by Gasteiger charge is -2.11. The first-order chi connectivity index (χ1) is 14.0. The first-order valence-corrected chi connectivity index (χ1v) is 11.1. The van der Waals surface area contributed by atoms with Crippen LogP contribution in [0.2, 0.25) is 15.1 Å². The fourth-order valence-corrected chi connectivity index (χ4v) is 4.79. The molecule has 2 N–H and O–H groups in total. The van der Waals surface area contributed by atoms with Crippen molar-refractivity contribution in [3.63, 3.8) is 0 Å². The van der Waals surface area contributed by atoms with Crippen LogP contribution in [0.15, 0.2) is 36.4 Å². The summed E-state index contributed by atoms with van der Waals surface area (Å²) in [6, 6.07) is 9.64. The normalized spacial score (nSPS) is 19.5. The van der Waals surface area contributed by atoms with Crippen molar-refractivity contribution < 1.29 is 9.59 Å². The van der Waals surface area contributed by atoms with Gasteiger partial charge in [-0.05, 0) is 47.9 Å². The van der Waals surface area contributed by atoms with Gasteiger partial charge in [0.05, 0.1) is 16.5 Å². The number of nitrogens with one attached hydrogen (secondary N) is 2. The van der Waals surface area contributed by atoms with E-state index in [-0.39, 0.29) is 22.4 Å². The minimum absolute atomic E-state index is 0.270. The number of hydrogen-bond donors (Lipinski definition) is 2. The summed E-state index contributed by atoms with van der Waals surface area (Å²) in [5.74, 6) is -1.56. The molecule has 1 aliphatic carbocycles. The third kappa shape index (κ3) is 5.17. The Morgan fingerprint density at radius 2 is 1.67 bits per heavy atom. The van der Waals surface area contributed by atoms with E-state index in [0.29, 0.717) is 33.8 Å². The average Bonchev–Trinajstić information content (AvgIpc) is 3.22. The van der Waals surface area contributed by atoms with Gasteiger partial charge >= 0.3 is 0 Å². The first kappa shape index (κ1) is 23.5. The van der Waals surface area contributed by atoms with Crippen LogP contribution in [0.25, 0.3) is 0 Å². The monoisotopic (exact) mass is 506 g/mol. The van der Waals surface area contributed by atoms with Crippen molar-refractivity contribution in [1.29, 1.82) is 0 Å². The Balaban J connectivity index is 1.76. The summed E-state index contributed by atoms with van der Waals surface area (Å²) in [4.78, 5) is 25.2. The summed E-state index contributed by atoms with van der Waals surface area (Å²) in [7, 11) is 0. The average molecular weight is 509 g/mol. The van der Waals surface area contributed by atoms with Gasteiger partial charge in [-0.3, -0.25) is 9.59 Å². The van der Waals surface area contributed by atoms with Crippen LogP contribution in [0.4, 0.5) is 5.69 Å². The maximum absolute atomic E-state index is 12.8. The Kier molecular flexibility index (Phi) is 7.15. The molecule has 1 fully saturated rings. The van der Waals surface area contributed by atoms with Crippen molar-refractivity contribution in [2.24, 2.45) is 11.8 Å². The SMILES string of the molecule is CC(C)CNC(=O)c1cc(NC(=O)C2C(c3cc(Cl)cc(Cl)c3)C2(Cl)Cl)ccc1Cl. The molecule has 2 atom stereocenters. The molecule has 1 aliphatic rings. The van der Waals surface area contributed by atoms with Crippen LogP contribution >= 0.6 is 58.0 Å². The summed E-state index contributed by atoms with van der Waals surface area (Å²) in [6.07, 6.45) is 0. The molecule has 4 nitrogen and oxygen atoms in total. The number of amides is 2. The van der Waals surface area contributed by atoms with Crippen molar-refractivity contribution in [3.05, 3.63) is 62.6 Å². The van der Waals surface area contributed by atoms with Crippen LogP contribution in [-0.4, -0.2) is 22.7 Å². The van der Waals surface area contributed by atoms with Gasteiger partial charge in [-0.1, -0.05) is 48.7 Å². The third-order valence-corrected chi connectivity index (χ3v) is 6.44. The predicted molar refractivity (Wildman–Crippen MR) is 124 cm³/mol. The van der Waals surface area contributed by atoms with Crippen molar-refractivity contribution >= 4 is 75.5 Å². The zero-order valence-corrected chi connectivity index (χ0v) is 19.9. The quantitative estimate of drug-likeness (QED) is 0.434. The van der Waals surface area contributed by atoms with Gasteiger partial charge in [0.1, 0.15) is 4.33 Å². The molecule has 0 radical (unpaired) electrons. The van der Waals surface area contributed by atoms with E-state index in [1.807, 2.05) is 13.8 Å². The van der Waals surface area contributed by atoms with Crippen molar-refractivity contribution in [2.45, 2.75) is 24.1 Å². The molecule has 0 spiro atoms. The lowest BCUT2D eigenvalue weighted by atomic mass is 10.1. The molecule has 0 bridgehead atoms. The molecule has 2 unspecified atom stereocenters. The van der Waals surface area contributed by atoms with E-state index < -0.39 is 16.2 Å². The number of carbonyl (C=O) groups is 2. The lowest BCUT2D eigenvalue weighted by molar-refractivity contribution is -0.117. The number of rotatable bonds is 6. The molecule has 2 aromatic carbocycles. The van der Waals surface area contributed by atoms with Gasteiger partial charge in [-0.15, -0.1) is 23.2 Å². The first-order valence-electron chi connectivity index (χ1n) is 9.23. The number of carbonyl (C=O) groups excluding carboxylic acids is 2. The minimum atomic E-state index is -1.29. The molecule has 2 aromatic rings. The third-order valence-electron chi connectivity index (χ3n) is 4.73. The molecule has 0 aromatic heterocycles. The second kappa shape index (κ2) is 9.13. The summed E-state index contributed by atoms with van der Waals surface area (Å²) >= 11 is 31.0. The van der Waals surface area contributed by atoms with E-state index >= 15 is 0 Å². The summed E-state index contributed by atoms with van der Waals surface area (Å²) in [5, 5.41) is 6.72. The molecule has 1 saturated carbocycles. The largest absolute Gasteiger partial charge is 0.352 e. The molecule has 0 heterocycles. The van der Waals surface area contributed by atoms with Crippen LogP contribution in [0.5, 0.6) is 0 Å². The highest BCUT2D eigenvalue weighted by molar-refractivity contribution is 6.53. The number of anilines is 1. The maximum Gasteiger partial charge on any atom is 0.252 e. The molecule has 160 valence electrons. The van der Waals surface area contributed by atoms with Gasteiger partial charge in [0.25, 0.3) is 5.91 Å². The Labute approximate surface area is 200 Å². The van der Waals surface area contributed by atoms with Crippen molar-refractivity contribution in [1.82, 2.24) is 5.32 Å². The molecule has 0 saturated heterocycles. The summed E-state index contributed by atoms with van der Waals surface area (Å²) in [6.45, 7) is 4.49. The zero-order chi connectivity index (χ0) is 22.2. The van der Waals surface area contributed by atoms with Crippen LogP contribution in [-0.2, 0) is 4.79 Å². The predicted octanol–water partition coefficient (Wildman–Crippen LogP) is 6.56. The highest BCUT2D eigenvalue weighted by Crippen LogP contribution is 2.65. The summed E-state index contributed by atoms with van der Waals surface area (Å²) < 4.78 is -1.29. The highest BCUT2D eigenvalue weighted by Gasteiger charge is 2.67. The fraction of sp³-hybridized carbons (Fsp3) is 0.333. The molecule has 0 aliphatic heterocycles. The summed E-state index contributed by atoms with van der Waals surface area (Å²) in [5.41, 5.74) is 1.37. The fourth-order valence-electron chi connectivity index (χ4n) is 3.21. The van der Waals surface area contributed by atoms with E-state index in [2.05, 4.69) is 10.6 Å². The number of alkyl halides is 2. The second-order valence-corrected chi connectivity index (χ2v) is 10.3. The standard InChI is InChI=1S/C21H19Cl5N2O2/c1-10(2)9-27-19(29)15-8-14(3-4-16(15)24)28-20(30)18-17(21(18,25)26)11-5-12(22)7-13(23)6-11/h3-8,10,17-18H,9H2,1-2H3,(H,27,29)(H,28,30). The minimum Gasteiger partial charge on any atom is -0.352 e. The van der Waals surface area contributed by atoms with Crippen molar-refractivity contribution in [3.8, 4) is 0 Å². The van der Waals surface area contributed by atoms with E-state index in [9.17, 15) is 9.59 Å². The van der Waals surface area contributed by atoms with Gasteiger partial charge in [-0.2, -0.15) is 0 Å². The van der Waals surface area contributed by atoms with Crippen molar-refractivity contribution in [2.75, 3.05) is 11.9 Å². The van der Waals surface area contributed by atoms with Crippen LogP contribution in [0.1, 0.15) is 35.7 Å². The molecule has 9 heteroatoms. The van der Waals surface area contributed by atoms with E-state index in [1.54, 1.807) is 30.3 Å². The number of hydrogen-bond acceptors (Lipinski definition) is 2. The number of benzene rings is 2. The Hall–Kier alpha value is -1.17. The molecule has 3 rings (SSSR count). The van der Waals surface area contributed by atoms with Crippen LogP contribution < -0.4 is 10.6 Å². The molecule has 2 amide bonds. The van der Waals surface area contributed by atoms with Gasteiger partial charge < -0.3 is 10.6 Å². The Morgan fingerprint density at radius 3 is 2.27 bits per heavy atom. The van der Waals surface area contributed by atoms with Gasteiger partial charge in [0, 0.05) is 28.2 Å². The number of halogens is 5. The van der Waals surface area contributed by atoms with Gasteiger partial charge in [-0.25, -0.2) is 0 Å². The molecular formula is C21H19Cl5N2O2. The highest BCUT2D eigenvalue weighted by atomic mass is 35.5. The lowest BCUT2D eigenvalue weighted by Crippen LogP contribution is -2.27. The smallest absolute Gasteiger partial charge is 0.252 e. The van der Waals surface area contributed by atoms with Crippen LogP contribution in [0, 0.1) is 11.8 Å². The Morgan fingerprint density at radius 1 is 1.03 bits per heavy atom. The molecule has 30 heavy (non-hydrogen) atoms. The van der Waals surface area contributed by atoms with E-state index in [4.69, 9.17) is 58.0 Å². The maximum atomic E-state index is 12.8. The van der Waals surface area contributed by atoms with E-state index in [1.165, 1.54) is 6.07 Å². The van der Waals surface area contributed by atoms with Gasteiger partial charge in [0.15, 0.2) is 0 Å². The van der Waals surface area contributed by atoms with E-state index in [0.717, 1.165) is 0 Å². The Bertz CT molecular complexity index is 973. The second-order valence-electron chi connectivity index (χ2n) is 7.62. The van der Waals surface area contributed by atoms with Crippen LogP contribution in [0.3, 0.4) is 0 Å². The van der Waals surface area contributed by atoms with Gasteiger partial charge in [0.2, 0.25) is 5.91 Å². The zero-order valence-electron chi connectivity index (χ0n) is 16.1.